The van der Waals surface area contributed by atoms with Gasteiger partial charge in [0.25, 0.3) is 11.6 Å². The monoisotopic (exact) mass is 443 g/mol. The van der Waals surface area contributed by atoms with E-state index in [2.05, 4.69) is 10.3 Å². The molecule has 1 amide bonds. The standard InChI is InChI=1S/C21H15Cl2N3O4/c22-15-1-4-18(5-2-15)25-21(27)13-30-20-10-3-16(23)11-14(20)12-24-17-6-8-19(9-7-17)26(28)29/h1-12H,13H2,(H,25,27). The number of nitrogens with zero attached hydrogens (tertiary/aromatic N) is 2. The molecular weight excluding hydrogens is 429 g/mol. The predicted octanol–water partition coefficient (Wildman–Crippen LogP) is 5.67. The molecule has 0 aliphatic rings. The van der Waals surface area contributed by atoms with Crippen LogP contribution in [0.15, 0.2) is 71.7 Å². The molecule has 0 aromatic heterocycles. The summed E-state index contributed by atoms with van der Waals surface area (Å²) in [5, 5.41) is 14.5. The number of hydrogen-bond acceptors (Lipinski definition) is 5. The zero-order chi connectivity index (χ0) is 21.5. The summed E-state index contributed by atoms with van der Waals surface area (Å²) >= 11 is 11.9. The van der Waals surface area contributed by atoms with Crippen LogP contribution in [0.25, 0.3) is 0 Å². The lowest BCUT2D eigenvalue weighted by Crippen LogP contribution is -2.20. The summed E-state index contributed by atoms with van der Waals surface area (Å²) < 4.78 is 5.61. The molecule has 3 rings (SSSR count). The Bertz CT molecular complexity index is 1080. The molecule has 0 saturated heterocycles. The number of non-ortho nitro benzene ring substituents is 1. The van der Waals surface area contributed by atoms with Crippen molar-refractivity contribution in [1.29, 1.82) is 0 Å². The maximum atomic E-state index is 12.1. The van der Waals surface area contributed by atoms with E-state index in [1.807, 2.05) is 0 Å². The van der Waals surface area contributed by atoms with Crippen LogP contribution in [0.2, 0.25) is 10.0 Å². The Morgan fingerprint density at radius 3 is 2.37 bits per heavy atom. The van der Waals surface area contributed by atoms with Crippen LogP contribution in [-0.2, 0) is 4.79 Å². The Kier molecular flexibility index (Phi) is 7.00. The SMILES string of the molecule is O=C(COc1ccc(Cl)cc1C=Nc1ccc([N+](=O)[O-])cc1)Nc1ccc(Cl)cc1. The second kappa shape index (κ2) is 9.87. The van der Waals surface area contributed by atoms with Gasteiger partial charge in [0, 0.05) is 39.6 Å². The van der Waals surface area contributed by atoms with Crippen molar-refractivity contribution in [3.63, 3.8) is 0 Å². The van der Waals surface area contributed by atoms with Crippen LogP contribution >= 0.6 is 23.2 Å². The fourth-order valence-electron chi connectivity index (χ4n) is 2.43. The molecule has 0 fully saturated rings. The van der Waals surface area contributed by atoms with Gasteiger partial charge in [-0.1, -0.05) is 23.2 Å². The molecule has 9 heteroatoms. The van der Waals surface area contributed by atoms with Crippen LogP contribution in [0, 0.1) is 10.1 Å². The third-order valence-corrected chi connectivity index (χ3v) is 4.36. The molecule has 3 aromatic rings. The Labute approximate surface area is 182 Å². The molecular formula is C21H15Cl2N3O4. The third kappa shape index (κ3) is 6.04. The number of nitro benzene ring substituents is 1. The summed E-state index contributed by atoms with van der Waals surface area (Å²) in [5.74, 6) is 0.0712. The van der Waals surface area contributed by atoms with Crippen molar-refractivity contribution in [2.75, 3.05) is 11.9 Å². The highest BCUT2D eigenvalue weighted by Crippen LogP contribution is 2.23. The number of nitrogens with one attached hydrogen (secondary N) is 1. The van der Waals surface area contributed by atoms with E-state index in [0.29, 0.717) is 32.7 Å². The normalized spacial score (nSPS) is 10.7. The van der Waals surface area contributed by atoms with E-state index >= 15 is 0 Å². The number of halogens is 2. The number of benzene rings is 3. The van der Waals surface area contributed by atoms with Gasteiger partial charge in [-0.05, 0) is 54.6 Å². The molecule has 0 spiro atoms. The minimum absolute atomic E-state index is 0.0209. The number of rotatable bonds is 7. The molecule has 0 saturated carbocycles. The van der Waals surface area contributed by atoms with E-state index in [9.17, 15) is 14.9 Å². The molecule has 0 bridgehead atoms. The first kappa shape index (κ1) is 21.3. The summed E-state index contributed by atoms with van der Waals surface area (Å²) in [4.78, 5) is 26.7. The molecule has 3 aromatic carbocycles. The largest absolute Gasteiger partial charge is 0.483 e. The molecule has 0 atom stereocenters. The summed E-state index contributed by atoms with van der Waals surface area (Å²) in [6.07, 6.45) is 1.51. The van der Waals surface area contributed by atoms with Gasteiger partial charge in [-0.3, -0.25) is 19.9 Å². The molecule has 0 aliphatic heterocycles. The van der Waals surface area contributed by atoms with Crippen molar-refractivity contribution in [2.24, 2.45) is 4.99 Å². The number of anilines is 1. The number of ether oxygens (including phenoxy) is 1. The van der Waals surface area contributed by atoms with Gasteiger partial charge in [0.15, 0.2) is 6.61 Å². The topological polar surface area (TPSA) is 93.8 Å². The molecule has 0 unspecified atom stereocenters. The minimum Gasteiger partial charge on any atom is -0.483 e. The molecule has 7 nitrogen and oxygen atoms in total. The Morgan fingerprint density at radius 1 is 1.03 bits per heavy atom. The molecule has 152 valence electrons. The first-order valence-electron chi connectivity index (χ1n) is 8.67. The molecule has 30 heavy (non-hydrogen) atoms. The van der Waals surface area contributed by atoms with Gasteiger partial charge < -0.3 is 10.1 Å². The number of aliphatic imine (C=N–C) groups is 1. The highest BCUT2D eigenvalue weighted by molar-refractivity contribution is 6.31. The van der Waals surface area contributed by atoms with Crippen LogP contribution in [0.3, 0.4) is 0 Å². The number of hydrogen-bond donors (Lipinski definition) is 1. The summed E-state index contributed by atoms with van der Waals surface area (Å²) in [6, 6.07) is 17.4. The Morgan fingerprint density at radius 2 is 1.70 bits per heavy atom. The predicted molar refractivity (Wildman–Crippen MR) is 117 cm³/mol. The second-order valence-corrected chi connectivity index (χ2v) is 6.93. The van der Waals surface area contributed by atoms with Crippen molar-refractivity contribution in [3.8, 4) is 5.75 Å². The van der Waals surface area contributed by atoms with Crippen molar-refractivity contribution in [3.05, 3.63) is 92.5 Å². The summed E-state index contributed by atoms with van der Waals surface area (Å²) in [5.41, 5.74) is 1.66. The van der Waals surface area contributed by atoms with Gasteiger partial charge in [0.05, 0.1) is 10.6 Å². The van der Waals surface area contributed by atoms with Crippen molar-refractivity contribution >= 4 is 52.4 Å². The van der Waals surface area contributed by atoms with Crippen molar-refractivity contribution in [1.82, 2.24) is 0 Å². The number of carbonyl (C=O) groups excluding carboxylic acids is 1. The van der Waals surface area contributed by atoms with Gasteiger partial charge in [-0.2, -0.15) is 0 Å². The minimum atomic E-state index is -0.481. The molecule has 1 N–H and O–H groups in total. The van der Waals surface area contributed by atoms with E-state index in [-0.39, 0.29) is 18.2 Å². The zero-order valence-corrected chi connectivity index (χ0v) is 16.9. The smallest absolute Gasteiger partial charge is 0.269 e. The van der Waals surface area contributed by atoms with Crippen LogP contribution < -0.4 is 10.1 Å². The Balaban J connectivity index is 1.67. The average Bonchev–Trinajstić information content (AvgIpc) is 2.73. The first-order valence-corrected chi connectivity index (χ1v) is 9.42. The zero-order valence-electron chi connectivity index (χ0n) is 15.4. The molecule has 0 heterocycles. The lowest BCUT2D eigenvalue weighted by molar-refractivity contribution is -0.384. The maximum Gasteiger partial charge on any atom is 0.269 e. The lowest BCUT2D eigenvalue weighted by Gasteiger charge is -2.10. The van der Waals surface area contributed by atoms with E-state index in [0.717, 1.165) is 0 Å². The van der Waals surface area contributed by atoms with Crippen molar-refractivity contribution < 1.29 is 14.5 Å². The van der Waals surface area contributed by atoms with Gasteiger partial charge in [0.2, 0.25) is 0 Å². The highest BCUT2D eigenvalue weighted by atomic mass is 35.5. The fourth-order valence-corrected chi connectivity index (χ4v) is 2.74. The maximum absolute atomic E-state index is 12.1. The summed E-state index contributed by atoms with van der Waals surface area (Å²) in [6.45, 7) is -0.220. The van der Waals surface area contributed by atoms with E-state index in [1.54, 1.807) is 42.5 Å². The number of carbonyl (C=O) groups is 1. The van der Waals surface area contributed by atoms with E-state index in [1.165, 1.54) is 30.5 Å². The fraction of sp³-hybridized carbons (Fsp3) is 0.0476. The van der Waals surface area contributed by atoms with Crippen LogP contribution in [-0.4, -0.2) is 23.7 Å². The lowest BCUT2D eigenvalue weighted by atomic mass is 10.2. The quantitative estimate of drug-likeness (QED) is 0.289. The number of amides is 1. The van der Waals surface area contributed by atoms with Crippen LogP contribution in [0.4, 0.5) is 17.1 Å². The van der Waals surface area contributed by atoms with Gasteiger partial charge in [-0.15, -0.1) is 0 Å². The average molecular weight is 444 g/mol. The van der Waals surface area contributed by atoms with Crippen LogP contribution in [0.5, 0.6) is 5.75 Å². The van der Waals surface area contributed by atoms with Gasteiger partial charge in [-0.25, -0.2) is 0 Å². The highest BCUT2D eigenvalue weighted by Gasteiger charge is 2.08. The molecule has 0 radical (unpaired) electrons. The summed E-state index contributed by atoms with van der Waals surface area (Å²) in [7, 11) is 0. The second-order valence-electron chi connectivity index (χ2n) is 6.06. The van der Waals surface area contributed by atoms with Crippen molar-refractivity contribution in [2.45, 2.75) is 0 Å². The van der Waals surface area contributed by atoms with E-state index in [4.69, 9.17) is 27.9 Å². The van der Waals surface area contributed by atoms with Gasteiger partial charge >= 0.3 is 0 Å². The third-order valence-electron chi connectivity index (χ3n) is 3.87. The van der Waals surface area contributed by atoms with Crippen LogP contribution in [0.1, 0.15) is 5.56 Å². The first-order chi connectivity index (χ1) is 14.4. The number of nitro groups is 1. The van der Waals surface area contributed by atoms with Gasteiger partial charge in [0.1, 0.15) is 5.75 Å². The van der Waals surface area contributed by atoms with E-state index < -0.39 is 4.92 Å². The molecule has 0 aliphatic carbocycles. The Hall–Kier alpha value is -3.42.